The predicted molar refractivity (Wildman–Crippen MR) is 95.3 cm³/mol. The SMILES string of the molecule is Cc1cc(CO)nc(N2C[C@H]3CC(c4ccccc4C(F)(F)F)C[C@H]3C2)n1. The molecule has 2 fully saturated rings. The molecule has 2 heterocycles. The van der Waals surface area contributed by atoms with Gasteiger partial charge in [0.1, 0.15) is 0 Å². The Morgan fingerprint density at radius 2 is 1.78 bits per heavy atom. The third-order valence-corrected chi connectivity index (χ3v) is 5.80. The van der Waals surface area contributed by atoms with Crippen LogP contribution in [0.1, 0.15) is 41.3 Å². The lowest BCUT2D eigenvalue weighted by Crippen LogP contribution is -2.24. The van der Waals surface area contributed by atoms with Gasteiger partial charge in [-0.05, 0) is 55.2 Å². The van der Waals surface area contributed by atoms with E-state index in [2.05, 4.69) is 14.9 Å². The summed E-state index contributed by atoms with van der Waals surface area (Å²) in [5.74, 6) is 1.25. The molecule has 1 aliphatic carbocycles. The van der Waals surface area contributed by atoms with Gasteiger partial charge >= 0.3 is 6.18 Å². The number of aryl methyl sites for hydroxylation is 1. The summed E-state index contributed by atoms with van der Waals surface area (Å²) in [4.78, 5) is 11.0. The van der Waals surface area contributed by atoms with E-state index in [0.717, 1.165) is 31.6 Å². The molecule has 0 spiro atoms. The summed E-state index contributed by atoms with van der Waals surface area (Å²) >= 11 is 0. The van der Waals surface area contributed by atoms with Crippen LogP contribution in [-0.4, -0.2) is 28.2 Å². The summed E-state index contributed by atoms with van der Waals surface area (Å²) < 4.78 is 40.0. The van der Waals surface area contributed by atoms with Gasteiger partial charge in [-0.1, -0.05) is 18.2 Å². The molecular formula is C20H22F3N3O. The molecule has 2 aromatic rings. The number of halogens is 3. The Labute approximate surface area is 156 Å². The molecule has 0 bridgehead atoms. The van der Waals surface area contributed by atoms with Gasteiger partial charge in [0, 0.05) is 18.8 Å². The minimum Gasteiger partial charge on any atom is -0.390 e. The summed E-state index contributed by atoms with van der Waals surface area (Å²) in [5.41, 5.74) is 1.33. The molecule has 1 N–H and O–H groups in total. The van der Waals surface area contributed by atoms with Crippen molar-refractivity contribution < 1.29 is 18.3 Å². The van der Waals surface area contributed by atoms with Gasteiger partial charge in [0.05, 0.1) is 17.9 Å². The van der Waals surface area contributed by atoms with Crippen molar-refractivity contribution >= 4 is 5.95 Å². The third-order valence-electron chi connectivity index (χ3n) is 5.80. The van der Waals surface area contributed by atoms with E-state index in [4.69, 9.17) is 0 Å². The van der Waals surface area contributed by atoms with E-state index in [0.29, 0.717) is 29.0 Å². The summed E-state index contributed by atoms with van der Waals surface area (Å²) in [5, 5.41) is 9.34. The van der Waals surface area contributed by atoms with Gasteiger partial charge in [-0.15, -0.1) is 0 Å². The lowest BCUT2D eigenvalue weighted by Gasteiger charge is -2.22. The lowest BCUT2D eigenvalue weighted by molar-refractivity contribution is -0.138. The third kappa shape index (κ3) is 3.52. The number of benzene rings is 1. The number of alkyl halides is 3. The highest BCUT2D eigenvalue weighted by Gasteiger charge is 2.44. The van der Waals surface area contributed by atoms with E-state index in [1.54, 1.807) is 18.2 Å². The molecular weight excluding hydrogens is 355 g/mol. The standard InChI is InChI=1S/C20H22F3N3O/c1-12-6-16(11-27)25-19(24-12)26-9-14-7-13(8-15(14)10-26)17-4-2-3-5-18(17)20(21,22)23/h2-6,13-15,27H,7-11H2,1H3/t13?,14-,15+. The number of hydrogen-bond donors (Lipinski definition) is 1. The fourth-order valence-corrected chi connectivity index (χ4v) is 4.67. The second-order valence-corrected chi connectivity index (χ2v) is 7.64. The minimum atomic E-state index is -4.31. The molecule has 144 valence electrons. The smallest absolute Gasteiger partial charge is 0.390 e. The van der Waals surface area contributed by atoms with E-state index in [1.807, 2.05) is 6.92 Å². The van der Waals surface area contributed by atoms with Crippen molar-refractivity contribution in [3.63, 3.8) is 0 Å². The zero-order valence-electron chi connectivity index (χ0n) is 15.1. The molecule has 1 saturated heterocycles. The first-order valence-corrected chi connectivity index (χ1v) is 9.21. The van der Waals surface area contributed by atoms with Gasteiger partial charge in [0.15, 0.2) is 0 Å². The number of aliphatic hydroxyl groups excluding tert-OH is 1. The number of hydrogen-bond acceptors (Lipinski definition) is 4. The minimum absolute atomic E-state index is 0.0496. The van der Waals surface area contributed by atoms with Gasteiger partial charge in [0.2, 0.25) is 5.95 Å². The molecule has 2 aliphatic rings. The highest BCUT2D eigenvalue weighted by atomic mass is 19.4. The van der Waals surface area contributed by atoms with Crippen molar-refractivity contribution in [1.29, 1.82) is 0 Å². The van der Waals surface area contributed by atoms with Crippen LogP contribution in [0.15, 0.2) is 30.3 Å². The van der Waals surface area contributed by atoms with Gasteiger partial charge in [-0.25, -0.2) is 9.97 Å². The maximum atomic E-state index is 13.3. The molecule has 1 unspecified atom stereocenters. The van der Waals surface area contributed by atoms with Crippen LogP contribution in [0.3, 0.4) is 0 Å². The Morgan fingerprint density at radius 1 is 1.11 bits per heavy atom. The van der Waals surface area contributed by atoms with Gasteiger partial charge < -0.3 is 10.0 Å². The molecule has 27 heavy (non-hydrogen) atoms. The summed E-state index contributed by atoms with van der Waals surface area (Å²) in [6.07, 6.45) is -2.80. The number of aliphatic hydroxyl groups is 1. The molecule has 1 saturated carbocycles. The van der Waals surface area contributed by atoms with Crippen LogP contribution in [0, 0.1) is 18.8 Å². The number of anilines is 1. The Hall–Kier alpha value is -2.15. The van der Waals surface area contributed by atoms with Crippen molar-refractivity contribution in [2.75, 3.05) is 18.0 Å². The summed E-state index contributed by atoms with van der Waals surface area (Å²) in [6.45, 7) is 3.24. The molecule has 1 aromatic heterocycles. The molecule has 4 rings (SSSR count). The van der Waals surface area contributed by atoms with Crippen LogP contribution in [0.2, 0.25) is 0 Å². The van der Waals surface area contributed by atoms with Crippen molar-refractivity contribution in [3.8, 4) is 0 Å². The van der Waals surface area contributed by atoms with E-state index in [1.165, 1.54) is 12.1 Å². The van der Waals surface area contributed by atoms with Gasteiger partial charge in [-0.3, -0.25) is 0 Å². The molecule has 3 atom stereocenters. The van der Waals surface area contributed by atoms with Gasteiger partial charge in [-0.2, -0.15) is 13.2 Å². The van der Waals surface area contributed by atoms with Crippen LogP contribution >= 0.6 is 0 Å². The first-order valence-electron chi connectivity index (χ1n) is 9.21. The maximum Gasteiger partial charge on any atom is 0.416 e. The van der Waals surface area contributed by atoms with Crippen LogP contribution in [0.5, 0.6) is 0 Å². The van der Waals surface area contributed by atoms with Gasteiger partial charge in [0.25, 0.3) is 0 Å². The first kappa shape index (κ1) is 18.2. The molecule has 1 aromatic carbocycles. The lowest BCUT2D eigenvalue weighted by atomic mass is 9.91. The molecule has 7 heteroatoms. The second-order valence-electron chi connectivity index (χ2n) is 7.64. The first-order chi connectivity index (χ1) is 12.8. The van der Waals surface area contributed by atoms with E-state index < -0.39 is 11.7 Å². The van der Waals surface area contributed by atoms with Crippen molar-refractivity contribution in [3.05, 3.63) is 52.8 Å². The summed E-state index contributed by atoms with van der Waals surface area (Å²) in [7, 11) is 0. The maximum absolute atomic E-state index is 13.3. The summed E-state index contributed by atoms with van der Waals surface area (Å²) in [6, 6.07) is 7.72. The van der Waals surface area contributed by atoms with Crippen LogP contribution in [0.4, 0.5) is 19.1 Å². The Kier molecular flexibility index (Phi) is 4.58. The van der Waals surface area contributed by atoms with E-state index in [-0.39, 0.29) is 12.5 Å². The zero-order chi connectivity index (χ0) is 19.2. The fourth-order valence-electron chi connectivity index (χ4n) is 4.67. The molecule has 4 nitrogen and oxygen atoms in total. The largest absolute Gasteiger partial charge is 0.416 e. The second kappa shape index (κ2) is 6.78. The average Bonchev–Trinajstić information content (AvgIpc) is 3.19. The normalized spacial score (nSPS) is 25.1. The number of nitrogens with zero attached hydrogens (tertiary/aromatic N) is 3. The highest BCUT2D eigenvalue weighted by Crippen LogP contribution is 2.49. The Morgan fingerprint density at radius 3 is 2.41 bits per heavy atom. The highest BCUT2D eigenvalue weighted by molar-refractivity contribution is 5.38. The van der Waals surface area contributed by atoms with E-state index >= 15 is 0 Å². The monoisotopic (exact) mass is 377 g/mol. The van der Waals surface area contributed by atoms with Crippen molar-refractivity contribution in [2.45, 2.75) is 38.5 Å². The van der Waals surface area contributed by atoms with Crippen LogP contribution < -0.4 is 4.90 Å². The van der Waals surface area contributed by atoms with E-state index in [9.17, 15) is 18.3 Å². The van der Waals surface area contributed by atoms with Crippen LogP contribution in [-0.2, 0) is 12.8 Å². The topological polar surface area (TPSA) is 49.3 Å². The fraction of sp³-hybridized carbons (Fsp3) is 0.500. The number of aromatic nitrogens is 2. The number of rotatable bonds is 3. The van der Waals surface area contributed by atoms with Crippen molar-refractivity contribution in [2.24, 2.45) is 11.8 Å². The number of fused-ring (bicyclic) bond motifs is 1. The molecule has 1 aliphatic heterocycles. The Bertz CT molecular complexity index is 825. The average molecular weight is 377 g/mol. The molecule has 0 radical (unpaired) electrons. The Balaban J connectivity index is 1.50. The zero-order valence-corrected chi connectivity index (χ0v) is 15.1. The van der Waals surface area contributed by atoms with Crippen LogP contribution in [0.25, 0.3) is 0 Å². The predicted octanol–water partition coefficient (Wildman–Crippen LogP) is 3.93. The quantitative estimate of drug-likeness (QED) is 0.881. The molecule has 0 amide bonds. The van der Waals surface area contributed by atoms with Crippen molar-refractivity contribution in [1.82, 2.24) is 9.97 Å².